The van der Waals surface area contributed by atoms with Gasteiger partial charge in [0, 0.05) is 0 Å². The summed E-state index contributed by atoms with van der Waals surface area (Å²) in [5, 5.41) is 0. The van der Waals surface area contributed by atoms with Crippen LogP contribution in [0.2, 0.25) is 0 Å². The summed E-state index contributed by atoms with van der Waals surface area (Å²) in [4.78, 5) is 16.3. The molecule has 2 rings (SSSR count). The number of hydrogen-bond donors (Lipinski definition) is 0. The van der Waals surface area contributed by atoms with Crippen molar-refractivity contribution in [2.75, 3.05) is 0 Å². The van der Waals surface area contributed by atoms with Crippen LogP contribution >= 0.6 is 7.82 Å². The minimum Gasteiger partial charge on any atom is -0.393 e. The summed E-state index contributed by atoms with van der Waals surface area (Å²) >= 11 is 0. The van der Waals surface area contributed by atoms with E-state index < -0.39 is 19.7 Å². The molecule has 0 aromatic heterocycles. The minimum atomic E-state index is -4.25. The predicted octanol–water partition coefficient (Wildman–Crippen LogP) is 5.00. The lowest BCUT2D eigenvalue weighted by molar-refractivity contribution is -0.224. The van der Waals surface area contributed by atoms with Crippen molar-refractivity contribution in [2.45, 2.75) is 27.7 Å². The number of benzene rings is 2. The maximum atomic E-state index is 13.0. The third kappa shape index (κ3) is 5.34. The van der Waals surface area contributed by atoms with E-state index in [4.69, 9.17) is 13.7 Å². The molecule has 0 fully saturated rings. The van der Waals surface area contributed by atoms with Crippen molar-refractivity contribution in [3.8, 4) is 11.5 Å². The Balaban J connectivity index is 2.27. The van der Waals surface area contributed by atoms with Crippen LogP contribution < -0.4 is 9.05 Å². The van der Waals surface area contributed by atoms with Gasteiger partial charge in [-0.2, -0.15) is 0 Å². The predicted molar refractivity (Wildman–Crippen MR) is 93.2 cm³/mol. The van der Waals surface area contributed by atoms with Gasteiger partial charge in [0.05, 0.1) is 5.92 Å². The van der Waals surface area contributed by atoms with Crippen LogP contribution in [0.1, 0.15) is 25.0 Å². The highest BCUT2D eigenvalue weighted by Gasteiger charge is 2.36. The molecule has 0 atom stereocenters. The molecule has 0 heterocycles. The molecule has 2 aromatic carbocycles. The van der Waals surface area contributed by atoms with Crippen molar-refractivity contribution in [1.82, 2.24) is 0 Å². The van der Waals surface area contributed by atoms with Crippen LogP contribution in [-0.4, -0.2) is 5.97 Å². The first-order valence-corrected chi connectivity index (χ1v) is 9.27. The van der Waals surface area contributed by atoms with E-state index in [-0.39, 0.29) is 0 Å². The molecule has 0 aliphatic rings. The van der Waals surface area contributed by atoms with Crippen molar-refractivity contribution in [3.63, 3.8) is 0 Å². The molecule has 0 radical (unpaired) electrons. The van der Waals surface area contributed by atoms with E-state index in [1.54, 1.807) is 64.1 Å². The van der Waals surface area contributed by atoms with Gasteiger partial charge >= 0.3 is 13.8 Å². The first-order chi connectivity index (χ1) is 11.8. The van der Waals surface area contributed by atoms with Gasteiger partial charge in [-0.3, -0.25) is 4.89 Å². The van der Waals surface area contributed by atoms with E-state index in [1.165, 1.54) is 0 Å². The second-order valence-corrected chi connectivity index (χ2v) is 7.20. The van der Waals surface area contributed by atoms with E-state index in [2.05, 4.69) is 4.89 Å². The second-order valence-electron chi connectivity index (χ2n) is 5.79. The third-order valence-electron chi connectivity index (χ3n) is 3.29. The van der Waals surface area contributed by atoms with E-state index in [0.717, 1.165) is 11.1 Å². The van der Waals surface area contributed by atoms with Crippen molar-refractivity contribution < 1.29 is 28.0 Å². The van der Waals surface area contributed by atoms with Crippen LogP contribution in [0, 0.1) is 19.8 Å². The van der Waals surface area contributed by atoms with Crippen LogP contribution in [-0.2, 0) is 18.9 Å². The molecule has 134 valence electrons. The molecule has 0 spiro atoms. The number of phosphoric acid groups is 1. The van der Waals surface area contributed by atoms with Gasteiger partial charge in [0.2, 0.25) is 0 Å². The van der Waals surface area contributed by atoms with Gasteiger partial charge in [0.1, 0.15) is 11.5 Å². The van der Waals surface area contributed by atoms with E-state index in [9.17, 15) is 9.36 Å². The lowest BCUT2D eigenvalue weighted by Gasteiger charge is -2.19. The third-order valence-corrected chi connectivity index (χ3v) is 4.39. The zero-order chi connectivity index (χ0) is 18.4. The second kappa shape index (κ2) is 8.19. The molecule has 0 amide bonds. The summed E-state index contributed by atoms with van der Waals surface area (Å²) in [6.07, 6.45) is 0. The number of hydrogen-bond acceptors (Lipinski definition) is 6. The number of para-hydroxylation sites is 2. The zero-order valence-corrected chi connectivity index (χ0v) is 15.5. The number of phosphoric ester groups is 1. The van der Waals surface area contributed by atoms with Gasteiger partial charge in [-0.05, 0) is 37.1 Å². The largest absolute Gasteiger partial charge is 0.625 e. The van der Waals surface area contributed by atoms with Gasteiger partial charge in [0.15, 0.2) is 0 Å². The van der Waals surface area contributed by atoms with Gasteiger partial charge in [-0.25, -0.2) is 9.36 Å². The lowest BCUT2D eigenvalue weighted by Crippen LogP contribution is -2.14. The highest BCUT2D eigenvalue weighted by Crippen LogP contribution is 2.51. The summed E-state index contributed by atoms with van der Waals surface area (Å²) in [5.41, 5.74) is 1.46. The Morgan fingerprint density at radius 2 is 1.32 bits per heavy atom. The van der Waals surface area contributed by atoms with E-state index >= 15 is 0 Å². The molecule has 0 unspecified atom stereocenters. The highest BCUT2D eigenvalue weighted by atomic mass is 31.2. The molecule has 25 heavy (non-hydrogen) atoms. The molecule has 0 aliphatic carbocycles. The molecule has 0 aliphatic heterocycles. The molecule has 7 heteroatoms. The molecule has 0 bridgehead atoms. The molecular weight excluding hydrogens is 343 g/mol. The Morgan fingerprint density at radius 1 is 0.880 bits per heavy atom. The number of carbonyl (C=O) groups is 1. The summed E-state index contributed by atoms with van der Waals surface area (Å²) in [6.45, 7) is 6.82. The SMILES string of the molecule is Cc1ccccc1OP(=O)(OOC(=O)C(C)C)Oc1ccccc1C. The molecule has 0 saturated carbocycles. The number of rotatable bonds is 7. The fraction of sp³-hybridized carbons (Fsp3) is 0.278. The smallest absolute Gasteiger partial charge is 0.393 e. The fourth-order valence-corrected chi connectivity index (χ4v) is 2.94. The number of aryl methyl sites for hydroxylation is 2. The summed E-state index contributed by atoms with van der Waals surface area (Å²) in [6, 6.07) is 13.9. The van der Waals surface area contributed by atoms with Gasteiger partial charge in [-0.15, -0.1) is 0 Å². The summed E-state index contributed by atoms with van der Waals surface area (Å²) < 4.78 is 28.8. The minimum absolute atomic E-state index is 0.306. The molecule has 2 aromatic rings. The zero-order valence-electron chi connectivity index (χ0n) is 14.6. The van der Waals surface area contributed by atoms with Crippen LogP contribution in [0.5, 0.6) is 11.5 Å². The van der Waals surface area contributed by atoms with Gasteiger partial charge in [-0.1, -0.05) is 54.9 Å². The van der Waals surface area contributed by atoms with Crippen LogP contribution in [0.15, 0.2) is 48.5 Å². The molecule has 6 nitrogen and oxygen atoms in total. The summed E-state index contributed by atoms with van der Waals surface area (Å²) in [5.74, 6) is -0.521. The molecule has 0 saturated heterocycles. The highest BCUT2D eigenvalue weighted by molar-refractivity contribution is 7.49. The monoisotopic (exact) mass is 364 g/mol. The molecular formula is C18H21O6P. The van der Waals surface area contributed by atoms with Gasteiger partial charge in [0.25, 0.3) is 0 Å². The van der Waals surface area contributed by atoms with Crippen molar-refractivity contribution in [2.24, 2.45) is 5.92 Å². The lowest BCUT2D eigenvalue weighted by atomic mass is 10.2. The number of carbonyl (C=O) groups excluding carboxylic acids is 1. The van der Waals surface area contributed by atoms with Crippen molar-refractivity contribution in [3.05, 3.63) is 59.7 Å². The van der Waals surface area contributed by atoms with Crippen molar-refractivity contribution in [1.29, 1.82) is 0 Å². The summed E-state index contributed by atoms with van der Waals surface area (Å²) in [7, 11) is -4.25. The Hall–Kier alpha value is -2.30. The average Bonchev–Trinajstić information content (AvgIpc) is 2.57. The van der Waals surface area contributed by atoms with Crippen LogP contribution in [0.4, 0.5) is 0 Å². The topological polar surface area (TPSA) is 71.1 Å². The van der Waals surface area contributed by atoms with E-state index in [0.29, 0.717) is 11.5 Å². The Morgan fingerprint density at radius 3 is 1.72 bits per heavy atom. The quantitative estimate of drug-likeness (QED) is 0.391. The first kappa shape index (κ1) is 19.0. The first-order valence-electron chi connectivity index (χ1n) is 7.81. The Labute approximate surface area is 147 Å². The van der Waals surface area contributed by atoms with E-state index in [1.807, 2.05) is 12.1 Å². The van der Waals surface area contributed by atoms with Gasteiger partial charge < -0.3 is 9.05 Å². The Bertz CT molecular complexity index is 735. The standard InChI is InChI=1S/C18H21O6P/c1-13(2)18(19)21-24-25(20,22-16-11-7-5-9-14(16)3)23-17-12-8-6-10-15(17)4/h5-13H,1-4H3. The van der Waals surface area contributed by atoms with Crippen molar-refractivity contribution >= 4 is 13.8 Å². The Kier molecular flexibility index (Phi) is 6.23. The maximum Gasteiger partial charge on any atom is 0.625 e. The fourth-order valence-electron chi connectivity index (χ4n) is 1.79. The maximum absolute atomic E-state index is 13.0. The van der Waals surface area contributed by atoms with Crippen LogP contribution in [0.25, 0.3) is 0 Å². The average molecular weight is 364 g/mol. The van der Waals surface area contributed by atoms with Crippen LogP contribution in [0.3, 0.4) is 0 Å². The normalized spacial score (nSPS) is 11.2. The molecule has 0 N–H and O–H groups in total.